The van der Waals surface area contributed by atoms with Crippen LogP contribution in [0.15, 0.2) is 49.2 Å². The minimum atomic E-state index is -0.723. The van der Waals surface area contributed by atoms with Crippen LogP contribution < -0.4 is 10.1 Å². The van der Waals surface area contributed by atoms with Crippen molar-refractivity contribution in [2.75, 3.05) is 6.61 Å². The SMILES string of the molecule is C=C(C)c1c(C(=O)N[C@H]2CCOc3ccc(F)cc32)cnn2c(-c3cc(F)cc(F)c3)c(C)nc12. The van der Waals surface area contributed by atoms with Crippen LogP contribution in [0.25, 0.3) is 22.5 Å². The highest BCUT2D eigenvalue weighted by molar-refractivity contribution is 6.01. The Kier molecular flexibility index (Phi) is 5.55. The number of aryl methyl sites for hydroxylation is 1. The number of nitrogens with one attached hydrogen (secondary N) is 1. The lowest BCUT2D eigenvalue weighted by molar-refractivity contribution is 0.0924. The number of carbonyl (C=O) groups is 1. The van der Waals surface area contributed by atoms with Crippen molar-refractivity contribution in [3.63, 3.8) is 0 Å². The molecule has 1 amide bonds. The standard InChI is InChI=1S/C26H21F3N4O2/c1-13(2)23-20(26(34)32-21-6-7-35-22-5-4-16(27)11-19(21)22)12-30-33-24(14(3)31-25(23)33)15-8-17(28)10-18(29)9-15/h4-5,8-12,21H,1,6-7H2,2-3H3,(H,32,34)/t21-/m0/s1. The summed E-state index contributed by atoms with van der Waals surface area (Å²) in [4.78, 5) is 17.9. The van der Waals surface area contributed by atoms with E-state index in [0.29, 0.717) is 52.5 Å². The van der Waals surface area contributed by atoms with Gasteiger partial charge in [-0.3, -0.25) is 4.79 Å². The van der Waals surface area contributed by atoms with Gasteiger partial charge >= 0.3 is 0 Å². The Labute approximate surface area is 199 Å². The number of allylic oxidation sites excluding steroid dienone is 1. The Morgan fingerprint density at radius 2 is 1.89 bits per heavy atom. The number of carbonyl (C=O) groups excluding carboxylic acids is 1. The molecule has 178 valence electrons. The normalized spacial score (nSPS) is 14.9. The zero-order valence-electron chi connectivity index (χ0n) is 19.0. The van der Waals surface area contributed by atoms with Gasteiger partial charge in [-0.25, -0.2) is 22.7 Å². The molecule has 1 atom stereocenters. The zero-order chi connectivity index (χ0) is 24.9. The van der Waals surface area contributed by atoms with E-state index in [1.165, 1.54) is 35.0 Å². The number of benzene rings is 2. The molecule has 4 aromatic rings. The Morgan fingerprint density at radius 3 is 2.60 bits per heavy atom. The fourth-order valence-corrected chi connectivity index (χ4v) is 4.46. The quantitative estimate of drug-likeness (QED) is 0.426. The van der Waals surface area contributed by atoms with Crippen molar-refractivity contribution >= 4 is 17.1 Å². The van der Waals surface area contributed by atoms with Gasteiger partial charge < -0.3 is 10.1 Å². The molecule has 0 radical (unpaired) electrons. The first-order chi connectivity index (χ1) is 16.7. The van der Waals surface area contributed by atoms with E-state index in [1.54, 1.807) is 19.9 Å². The highest BCUT2D eigenvalue weighted by atomic mass is 19.1. The second kappa shape index (κ2) is 8.57. The smallest absolute Gasteiger partial charge is 0.254 e. The van der Waals surface area contributed by atoms with Gasteiger partial charge in [0.05, 0.1) is 35.8 Å². The molecule has 0 saturated heterocycles. The molecule has 0 saturated carbocycles. The highest BCUT2D eigenvalue weighted by Crippen LogP contribution is 2.34. The fraction of sp³-hybridized carbons (Fsp3) is 0.192. The second-order valence-electron chi connectivity index (χ2n) is 8.50. The van der Waals surface area contributed by atoms with Crippen LogP contribution in [0.5, 0.6) is 5.75 Å². The number of aromatic nitrogens is 3. The van der Waals surface area contributed by atoms with Gasteiger partial charge in [0.1, 0.15) is 23.2 Å². The maximum Gasteiger partial charge on any atom is 0.254 e. The number of nitrogens with zero attached hydrogens (tertiary/aromatic N) is 3. The molecule has 0 fully saturated rings. The average Bonchev–Trinajstić information content (AvgIpc) is 3.13. The minimum Gasteiger partial charge on any atom is -0.493 e. The van der Waals surface area contributed by atoms with Crippen molar-refractivity contribution in [2.24, 2.45) is 0 Å². The topological polar surface area (TPSA) is 68.5 Å². The van der Waals surface area contributed by atoms with Crippen molar-refractivity contribution in [1.82, 2.24) is 19.9 Å². The van der Waals surface area contributed by atoms with E-state index in [4.69, 9.17) is 4.74 Å². The molecule has 5 rings (SSSR count). The van der Waals surface area contributed by atoms with E-state index < -0.39 is 29.4 Å². The van der Waals surface area contributed by atoms with Gasteiger partial charge in [0, 0.05) is 29.2 Å². The van der Waals surface area contributed by atoms with Gasteiger partial charge in [0.15, 0.2) is 5.65 Å². The van der Waals surface area contributed by atoms with Crippen LogP contribution in [0.1, 0.15) is 46.6 Å². The number of fused-ring (bicyclic) bond motifs is 2. The Bertz CT molecular complexity index is 1490. The maximum absolute atomic E-state index is 13.9. The van der Waals surface area contributed by atoms with Gasteiger partial charge in [-0.2, -0.15) is 5.10 Å². The number of imidazole rings is 1. The summed E-state index contributed by atoms with van der Waals surface area (Å²) >= 11 is 0. The molecule has 1 N–H and O–H groups in total. The van der Waals surface area contributed by atoms with E-state index in [1.807, 2.05) is 0 Å². The van der Waals surface area contributed by atoms with Gasteiger partial charge in [-0.1, -0.05) is 6.58 Å². The average molecular weight is 478 g/mol. The van der Waals surface area contributed by atoms with Gasteiger partial charge in [-0.15, -0.1) is 0 Å². The van der Waals surface area contributed by atoms with Crippen LogP contribution >= 0.6 is 0 Å². The Morgan fingerprint density at radius 1 is 1.14 bits per heavy atom. The van der Waals surface area contributed by atoms with Gasteiger partial charge in [-0.05, 0) is 49.8 Å². The summed E-state index contributed by atoms with van der Waals surface area (Å²) in [6.07, 6.45) is 1.84. The van der Waals surface area contributed by atoms with Crippen molar-refractivity contribution < 1.29 is 22.7 Å². The molecule has 0 aliphatic carbocycles. The highest BCUT2D eigenvalue weighted by Gasteiger charge is 2.27. The van der Waals surface area contributed by atoms with Gasteiger partial charge in [0.25, 0.3) is 5.91 Å². The first-order valence-corrected chi connectivity index (χ1v) is 11.0. The number of ether oxygens (including phenoxy) is 1. The predicted molar refractivity (Wildman–Crippen MR) is 125 cm³/mol. The molecule has 35 heavy (non-hydrogen) atoms. The molecule has 6 nitrogen and oxygen atoms in total. The summed E-state index contributed by atoms with van der Waals surface area (Å²) in [6.45, 7) is 7.81. The van der Waals surface area contributed by atoms with Crippen LogP contribution in [0.4, 0.5) is 13.2 Å². The van der Waals surface area contributed by atoms with E-state index in [0.717, 1.165) is 6.07 Å². The van der Waals surface area contributed by atoms with E-state index in [-0.39, 0.29) is 11.1 Å². The van der Waals surface area contributed by atoms with E-state index in [9.17, 15) is 18.0 Å². The summed E-state index contributed by atoms with van der Waals surface area (Å²) in [5.74, 6) is -1.78. The molecule has 3 heterocycles. The third-order valence-electron chi connectivity index (χ3n) is 5.95. The summed E-state index contributed by atoms with van der Waals surface area (Å²) in [5, 5.41) is 7.32. The summed E-state index contributed by atoms with van der Waals surface area (Å²) in [6, 6.07) is 6.93. The van der Waals surface area contributed by atoms with Crippen LogP contribution in [0.2, 0.25) is 0 Å². The molecule has 2 aromatic heterocycles. The third-order valence-corrected chi connectivity index (χ3v) is 5.95. The fourth-order valence-electron chi connectivity index (χ4n) is 4.46. The number of hydrogen-bond acceptors (Lipinski definition) is 4. The molecule has 0 unspecified atom stereocenters. The van der Waals surface area contributed by atoms with Crippen LogP contribution in [-0.2, 0) is 0 Å². The summed E-state index contributed by atoms with van der Waals surface area (Å²) in [7, 11) is 0. The molecule has 0 bridgehead atoms. The second-order valence-corrected chi connectivity index (χ2v) is 8.50. The Balaban J connectivity index is 1.58. The number of rotatable bonds is 4. The number of halogens is 3. The summed E-state index contributed by atoms with van der Waals surface area (Å²) < 4.78 is 48.7. The van der Waals surface area contributed by atoms with E-state index in [2.05, 4.69) is 22.0 Å². The maximum atomic E-state index is 13.9. The molecule has 2 aromatic carbocycles. The monoisotopic (exact) mass is 478 g/mol. The van der Waals surface area contributed by atoms with Crippen molar-refractivity contribution in [3.8, 4) is 17.0 Å². The molecular weight excluding hydrogens is 457 g/mol. The molecule has 1 aliphatic rings. The molecule has 1 aliphatic heterocycles. The number of amides is 1. The van der Waals surface area contributed by atoms with Crippen LogP contribution in [0.3, 0.4) is 0 Å². The lowest BCUT2D eigenvalue weighted by Gasteiger charge is -2.27. The van der Waals surface area contributed by atoms with E-state index >= 15 is 0 Å². The van der Waals surface area contributed by atoms with Crippen molar-refractivity contribution in [2.45, 2.75) is 26.3 Å². The first-order valence-electron chi connectivity index (χ1n) is 11.0. The largest absolute Gasteiger partial charge is 0.493 e. The van der Waals surface area contributed by atoms with Crippen LogP contribution in [-0.4, -0.2) is 27.1 Å². The molecular formula is C26H21F3N4O2. The predicted octanol–water partition coefficient (Wildman–Crippen LogP) is 5.41. The Hall–Kier alpha value is -4.14. The van der Waals surface area contributed by atoms with Crippen molar-refractivity contribution in [3.05, 3.63) is 89.0 Å². The minimum absolute atomic E-state index is 0.233. The molecule has 0 spiro atoms. The van der Waals surface area contributed by atoms with Crippen molar-refractivity contribution in [1.29, 1.82) is 0 Å². The zero-order valence-corrected chi connectivity index (χ0v) is 19.0. The lowest BCUT2D eigenvalue weighted by Crippen LogP contribution is -2.33. The first kappa shape index (κ1) is 22.6. The lowest BCUT2D eigenvalue weighted by atomic mass is 9.99. The molecule has 9 heteroatoms. The summed E-state index contributed by atoms with van der Waals surface area (Å²) in [5.41, 5.74) is 3.29. The number of hydrogen-bond donors (Lipinski definition) is 1. The van der Waals surface area contributed by atoms with Crippen LogP contribution in [0, 0.1) is 24.4 Å². The van der Waals surface area contributed by atoms with Gasteiger partial charge in [0.2, 0.25) is 0 Å². The third kappa shape index (κ3) is 4.03.